The van der Waals surface area contributed by atoms with Crippen molar-refractivity contribution in [2.75, 3.05) is 7.11 Å². The van der Waals surface area contributed by atoms with E-state index in [2.05, 4.69) is 0 Å². The van der Waals surface area contributed by atoms with Gasteiger partial charge in [-0.15, -0.1) is 0 Å². The minimum atomic E-state index is 0.522. The van der Waals surface area contributed by atoms with Crippen LogP contribution in [-0.2, 0) is 0 Å². The Morgan fingerprint density at radius 3 is 2.27 bits per heavy atom. The first kappa shape index (κ1) is 8.69. The van der Waals surface area contributed by atoms with E-state index in [1.54, 1.807) is 19.2 Å². The van der Waals surface area contributed by atoms with Crippen molar-refractivity contribution in [2.45, 2.75) is 6.92 Å². The molecular weight excluding hydrogens is 183 g/mol. The molecular formula is C8H8Cl2O. The van der Waals surface area contributed by atoms with Crippen LogP contribution in [0.2, 0.25) is 10.0 Å². The van der Waals surface area contributed by atoms with E-state index in [9.17, 15) is 0 Å². The number of hydrogen-bond donors (Lipinski definition) is 0. The quantitative estimate of drug-likeness (QED) is 0.661. The Morgan fingerprint density at radius 1 is 1.18 bits per heavy atom. The third kappa shape index (κ3) is 1.79. The van der Waals surface area contributed by atoms with Gasteiger partial charge >= 0.3 is 0 Å². The fraction of sp³-hybridized carbons (Fsp3) is 0.250. The maximum Gasteiger partial charge on any atom is 0.123 e. The van der Waals surface area contributed by atoms with Gasteiger partial charge in [0.2, 0.25) is 0 Å². The maximum atomic E-state index is 5.76. The molecule has 0 unspecified atom stereocenters. The van der Waals surface area contributed by atoms with E-state index in [1.165, 1.54) is 0 Å². The molecule has 0 radical (unpaired) electrons. The topological polar surface area (TPSA) is 9.23 Å². The Labute approximate surface area is 75.9 Å². The van der Waals surface area contributed by atoms with Gasteiger partial charge in [0.15, 0.2) is 0 Å². The Morgan fingerprint density at radius 2 is 1.73 bits per heavy atom. The molecule has 0 aliphatic rings. The van der Waals surface area contributed by atoms with Gasteiger partial charge in [-0.25, -0.2) is 0 Å². The average molecular weight is 191 g/mol. The van der Waals surface area contributed by atoms with E-state index in [0.717, 1.165) is 11.3 Å². The molecule has 0 amide bonds. The number of benzene rings is 1. The predicted molar refractivity (Wildman–Crippen MR) is 47.8 cm³/mol. The van der Waals surface area contributed by atoms with Gasteiger partial charge in [-0.05, 0) is 18.6 Å². The van der Waals surface area contributed by atoms with Crippen molar-refractivity contribution in [3.05, 3.63) is 27.7 Å². The smallest absolute Gasteiger partial charge is 0.123 e. The lowest BCUT2D eigenvalue weighted by molar-refractivity contribution is 0.412. The summed E-state index contributed by atoms with van der Waals surface area (Å²) < 4.78 is 5.04. The fourth-order valence-corrected chi connectivity index (χ4v) is 1.22. The lowest BCUT2D eigenvalue weighted by Gasteiger charge is -2.05. The van der Waals surface area contributed by atoms with Crippen molar-refractivity contribution in [2.24, 2.45) is 0 Å². The van der Waals surface area contributed by atoms with Crippen molar-refractivity contribution < 1.29 is 4.74 Å². The predicted octanol–water partition coefficient (Wildman–Crippen LogP) is 3.31. The van der Waals surface area contributed by atoms with Crippen LogP contribution in [0.4, 0.5) is 0 Å². The minimum absolute atomic E-state index is 0.522. The highest BCUT2D eigenvalue weighted by atomic mass is 35.5. The van der Waals surface area contributed by atoms with Gasteiger partial charge in [0.1, 0.15) is 5.75 Å². The molecule has 1 aromatic carbocycles. The van der Waals surface area contributed by atoms with Gasteiger partial charge in [0, 0.05) is 6.07 Å². The average Bonchev–Trinajstić information content (AvgIpc) is 1.97. The summed E-state index contributed by atoms with van der Waals surface area (Å²) in [4.78, 5) is 0. The first-order chi connectivity index (χ1) is 5.15. The monoisotopic (exact) mass is 190 g/mol. The normalized spacial score (nSPS) is 9.82. The van der Waals surface area contributed by atoms with Crippen LogP contribution in [0.15, 0.2) is 12.1 Å². The molecule has 0 fully saturated rings. The number of halogens is 2. The van der Waals surface area contributed by atoms with Crippen molar-refractivity contribution in [3.8, 4) is 5.75 Å². The van der Waals surface area contributed by atoms with Gasteiger partial charge in [-0.2, -0.15) is 0 Å². The largest absolute Gasteiger partial charge is 0.496 e. The lowest BCUT2D eigenvalue weighted by atomic mass is 10.2. The molecule has 60 valence electrons. The summed E-state index contributed by atoms with van der Waals surface area (Å²) in [6.07, 6.45) is 0. The second-order valence-electron chi connectivity index (χ2n) is 2.24. The van der Waals surface area contributed by atoms with E-state index in [1.807, 2.05) is 6.92 Å². The standard InChI is InChI=1S/C8H8Cl2O/c1-5-3-6(9)7(10)4-8(5)11-2/h3-4H,1-2H3. The second-order valence-corrected chi connectivity index (χ2v) is 3.05. The first-order valence-electron chi connectivity index (χ1n) is 3.15. The molecule has 0 atom stereocenters. The van der Waals surface area contributed by atoms with Gasteiger partial charge in [0.25, 0.3) is 0 Å². The Balaban J connectivity index is 3.21. The SMILES string of the molecule is COc1cc(Cl)c(Cl)cc1C. The van der Waals surface area contributed by atoms with Crippen molar-refractivity contribution in [1.82, 2.24) is 0 Å². The highest BCUT2D eigenvalue weighted by molar-refractivity contribution is 6.42. The van der Waals surface area contributed by atoms with Gasteiger partial charge in [0.05, 0.1) is 17.2 Å². The molecule has 0 heterocycles. The van der Waals surface area contributed by atoms with Crippen molar-refractivity contribution in [3.63, 3.8) is 0 Å². The third-order valence-electron chi connectivity index (χ3n) is 1.44. The summed E-state index contributed by atoms with van der Waals surface area (Å²) >= 11 is 11.5. The zero-order chi connectivity index (χ0) is 8.43. The summed E-state index contributed by atoms with van der Waals surface area (Å²) in [7, 11) is 1.60. The van der Waals surface area contributed by atoms with E-state index in [-0.39, 0.29) is 0 Å². The van der Waals surface area contributed by atoms with Crippen molar-refractivity contribution in [1.29, 1.82) is 0 Å². The van der Waals surface area contributed by atoms with Crippen LogP contribution >= 0.6 is 23.2 Å². The van der Waals surface area contributed by atoms with Crippen LogP contribution in [0.3, 0.4) is 0 Å². The number of methoxy groups -OCH3 is 1. The Bertz CT molecular complexity index is 271. The summed E-state index contributed by atoms with van der Waals surface area (Å²) in [6, 6.07) is 3.49. The lowest BCUT2D eigenvalue weighted by Crippen LogP contribution is -1.86. The molecule has 0 bridgehead atoms. The van der Waals surface area contributed by atoms with Crippen LogP contribution in [0.5, 0.6) is 5.75 Å². The molecule has 0 saturated heterocycles. The van der Waals surface area contributed by atoms with E-state index < -0.39 is 0 Å². The summed E-state index contributed by atoms with van der Waals surface area (Å²) in [5.74, 6) is 0.763. The molecule has 1 rings (SSSR count). The van der Waals surface area contributed by atoms with Crippen LogP contribution in [-0.4, -0.2) is 7.11 Å². The molecule has 0 aromatic heterocycles. The minimum Gasteiger partial charge on any atom is -0.496 e. The second kappa shape index (κ2) is 3.33. The molecule has 0 aliphatic carbocycles. The number of hydrogen-bond acceptors (Lipinski definition) is 1. The van der Waals surface area contributed by atoms with E-state index >= 15 is 0 Å². The molecule has 1 nitrogen and oxygen atoms in total. The molecule has 0 spiro atoms. The summed E-state index contributed by atoms with van der Waals surface area (Å²) in [6.45, 7) is 1.92. The molecule has 1 aromatic rings. The zero-order valence-electron chi connectivity index (χ0n) is 6.32. The van der Waals surface area contributed by atoms with Crippen LogP contribution in [0.1, 0.15) is 5.56 Å². The van der Waals surface area contributed by atoms with E-state index in [4.69, 9.17) is 27.9 Å². The molecule has 0 saturated carbocycles. The highest BCUT2D eigenvalue weighted by Crippen LogP contribution is 2.29. The number of ether oxygens (including phenoxy) is 1. The van der Waals surface area contributed by atoms with Gasteiger partial charge in [-0.1, -0.05) is 23.2 Å². The van der Waals surface area contributed by atoms with Gasteiger partial charge < -0.3 is 4.74 Å². The Kier molecular flexibility index (Phi) is 2.63. The third-order valence-corrected chi connectivity index (χ3v) is 2.16. The molecule has 11 heavy (non-hydrogen) atoms. The summed E-state index contributed by atoms with van der Waals surface area (Å²) in [5.41, 5.74) is 0.988. The fourth-order valence-electron chi connectivity index (χ4n) is 0.848. The van der Waals surface area contributed by atoms with Crippen LogP contribution in [0.25, 0.3) is 0 Å². The number of aryl methyl sites for hydroxylation is 1. The zero-order valence-corrected chi connectivity index (χ0v) is 7.83. The van der Waals surface area contributed by atoms with Crippen LogP contribution in [0, 0.1) is 6.92 Å². The maximum absolute atomic E-state index is 5.76. The Hall–Kier alpha value is -0.400. The molecule has 0 aliphatic heterocycles. The highest BCUT2D eigenvalue weighted by Gasteiger charge is 2.02. The molecule has 3 heteroatoms. The van der Waals surface area contributed by atoms with E-state index in [0.29, 0.717) is 10.0 Å². The van der Waals surface area contributed by atoms with Crippen LogP contribution < -0.4 is 4.74 Å². The first-order valence-corrected chi connectivity index (χ1v) is 3.90. The summed E-state index contributed by atoms with van der Waals surface area (Å²) in [5, 5.41) is 1.08. The van der Waals surface area contributed by atoms with Gasteiger partial charge in [-0.3, -0.25) is 0 Å². The van der Waals surface area contributed by atoms with Crippen molar-refractivity contribution >= 4 is 23.2 Å². The molecule has 0 N–H and O–H groups in total. The number of rotatable bonds is 1.